The molecule has 1 aromatic carbocycles. The van der Waals surface area contributed by atoms with Crippen LogP contribution in [0.5, 0.6) is 0 Å². The number of aromatic nitrogens is 2. The van der Waals surface area contributed by atoms with Crippen LogP contribution in [0.2, 0.25) is 5.02 Å². The minimum atomic E-state index is -0.423. The molecule has 1 aliphatic carbocycles. The van der Waals surface area contributed by atoms with Gasteiger partial charge in [0.2, 0.25) is 0 Å². The van der Waals surface area contributed by atoms with E-state index in [-0.39, 0.29) is 11.8 Å². The van der Waals surface area contributed by atoms with Gasteiger partial charge in [0, 0.05) is 55.6 Å². The molecule has 1 saturated heterocycles. The zero-order chi connectivity index (χ0) is 18.4. The van der Waals surface area contributed by atoms with Gasteiger partial charge in [-0.05, 0) is 43.5 Å². The molecule has 1 saturated carbocycles. The Morgan fingerprint density at radius 3 is 2.89 bits per heavy atom. The van der Waals surface area contributed by atoms with Crippen molar-refractivity contribution in [3.8, 4) is 0 Å². The van der Waals surface area contributed by atoms with Crippen LogP contribution in [0.15, 0.2) is 36.7 Å². The maximum Gasteiger partial charge on any atom is 0.256 e. The van der Waals surface area contributed by atoms with Crippen LogP contribution in [0.3, 0.4) is 0 Å². The second-order valence-electron chi connectivity index (χ2n) is 7.62. The minimum Gasteiger partial charge on any atom is -0.368 e. The third-order valence-corrected chi connectivity index (χ3v) is 6.03. The molecule has 2 aliphatic heterocycles. The van der Waals surface area contributed by atoms with Gasteiger partial charge in [0.25, 0.3) is 5.91 Å². The number of fused-ring (bicyclic) bond motifs is 1. The second kappa shape index (κ2) is 6.84. The summed E-state index contributed by atoms with van der Waals surface area (Å²) in [7, 11) is 0. The molecule has 6 nitrogen and oxygen atoms in total. The van der Waals surface area contributed by atoms with Crippen molar-refractivity contribution in [2.24, 2.45) is 5.92 Å². The number of anilines is 2. The molecule has 5 rings (SSSR count). The third-order valence-electron chi connectivity index (χ3n) is 5.79. The molecule has 27 heavy (non-hydrogen) atoms. The number of halogens is 1. The van der Waals surface area contributed by atoms with Crippen molar-refractivity contribution in [2.45, 2.75) is 38.0 Å². The number of amides is 1. The fourth-order valence-electron chi connectivity index (χ4n) is 4.29. The van der Waals surface area contributed by atoms with Gasteiger partial charge in [-0.15, -0.1) is 0 Å². The van der Waals surface area contributed by atoms with Gasteiger partial charge < -0.3 is 14.5 Å². The van der Waals surface area contributed by atoms with Crippen LogP contribution in [0.4, 0.5) is 11.4 Å². The van der Waals surface area contributed by atoms with E-state index in [9.17, 15) is 4.79 Å². The summed E-state index contributed by atoms with van der Waals surface area (Å²) < 4.78 is 7.77. The lowest BCUT2D eigenvalue weighted by Crippen LogP contribution is -2.49. The molecule has 0 N–H and O–H groups in total. The van der Waals surface area contributed by atoms with Crippen molar-refractivity contribution in [2.75, 3.05) is 29.5 Å². The van der Waals surface area contributed by atoms with Gasteiger partial charge in [0.05, 0.1) is 11.4 Å². The van der Waals surface area contributed by atoms with E-state index in [0.29, 0.717) is 30.8 Å². The van der Waals surface area contributed by atoms with E-state index in [1.807, 2.05) is 40.0 Å². The lowest BCUT2D eigenvalue weighted by atomic mass is 9.99. The predicted molar refractivity (Wildman–Crippen MR) is 104 cm³/mol. The van der Waals surface area contributed by atoms with Crippen molar-refractivity contribution >= 4 is 28.9 Å². The second-order valence-corrected chi connectivity index (χ2v) is 8.05. The topological polar surface area (TPSA) is 50.6 Å². The van der Waals surface area contributed by atoms with E-state index in [0.717, 1.165) is 24.3 Å². The number of ether oxygens (including phenoxy) is 1. The zero-order valence-electron chi connectivity index (χ0n) is 15.1. The Labute approximate surface area is 163 Å². The first-order valence-corrected chi connectivity index (χ1v) is 10.0. The average Bonchev–Trinajstić information content (AvgIpc) is 3.19. The zero-order valence-corrected chi connectivity index (χ0v) is 15.9. The quantitative estimate of drug-likeness (QED) is 0.810. The number of carbonyl (C=O) groups is 1. The molecule has 1 aromatic heterocycles. The summed E-state index contributed by atoms with van der Waals surface area (Å²) in [4.78, 5) is 17.7. The highest BCUT2D eigenvalue weighted by molar-refractivity contribution is 6.31. The fourth-order valence-corrected chi connectivity index (χ4v) is 4.46. The fraction of sp³-hybridized carbons (Fsp3) is 0.500. The largest absolute Gasteiger partial charge is 0.368 e. The third kappa shape index (κ3) is 3.21. The minimum absolute atomic E-state index is 0.0450. The first-order valence-electron chi connectivity index (χ1n) is 9.67. The number of hydrogen-bond donors (Lipinski definition) is 0. The summed E-state index contributed by atoms with van der Waals surface area (Å²) in [6, 6.07) is 8.39. The molecule has 0 bridgehead atoms. The molecule has 0 radical (unpaired) electrons. The maximum atomic E-state index is 13.4. The van der Waals surface area contributed by atoms with E-state index in [1.54, 1.807) is 6.20 Å². The Balaban J connectivity index is 1.41. The van der Waals surface area contributed by atoms with Crippen LogP contribution in [0.1, 0.15) is 19.3 Å². The summed E-state index contributed by atoms with van der Waals surface area (Å²) in [6.45, 7) is 2.86. The van der Waals surface area contributed by atoms with Gasteiger partial charge in [-0.2, -0.15) is 5.10 Å². The van der Waals surface area contributed by atoms with Crippen LogP contribution in [-0.2, 0) is 16.1 Å². The van der Waals surface area contributed by atoms with Gasteiger partial charge in [-0.1, -0.05) is 11.6 Å². The van der Waals surface area contributed by atoms with E-state index in [2.05, 4.69) is 10.00 Å². The van der Waals surface area contributed by atoms with E-state index >= 15 is 0 Å². The van der Waals surface area contributed by atoms with Crippen LogP contribution < -0.4 is 9.80 Å². The monoisotopic (exact) mass is 386 g/mol. The molecule has 2 atom stereocenters. The normalized spacial score (nSPS) is 24.9. The first kappa shape index (κ1) is 17.1. The standard InChI is InChI=1S/C20H23ClN4O2/c21-15-2-5-17-18(12-15)25(10-9-24(17)16-3-4-16)20(26)19-14(6-11-27-19)13-23-8-1-7-22-23/h1-2,5,7-8,12,14,16,19H,3-4,6,9-11,13H2/t14-,19-/m1/s1. The number of nitrogens with zero attached hydrogens (tertiary/aromatic N) is 4. The molecular formula is C20H23ClN4O2. The summed E-state index contributed by atoms with van der Waals surface area (Å²) in [5.41, 5.74) is 2.03. The van der Waals surface area contributed by atoms with E-state index in [1.165, 1.54) is 12.8 Å². The van der Waals surface area contributed by atoms with Crippen LogP contribution in [0.25, 0.3) is 0 Å². The van der Waals surface area contributed by atoms with Crippen molar-refractivity contribution in [3.63, 3.8) is 0 Å². The molecule has 142 valence electrons. The lowest BCUT2D eigenvalue weighted by Gasteiger charge is -2.39. The Morgan fingerprint density at radius 2 is 2.11 bits per heavy atom. The Morgan fingerprint density at radius 1 is 1.22 bits per heavy atom. The summed E-state index contributed by atoms with van der Waals surface area (Å²) in [5, 5.41) is 4.94. The van der Waals surface area contributed by atoms with E-state index < -0.39 is 6.10 Å². The van der Waals surface area contributed by atoms with Crippen LogP contribution >= 0.6 is 11.6 Å². The molecule has 3 aliphatic rings. The van der Waals surface area contributed by atoms with Gasteiger partial charge in [0.15, 0.2) is 0 Å². The summed E-state index contributed by atoms with van der Waals surface area (Å²) in [6.07, 6.45) is 6.61. The number of hydrogen-bond acceptors (Lipinski definition) is 4. The predicted octanol–water partition coefficient (Wildman–Crippen LogP) is 2.96. The molecule has 3 heterocycles. The molecule has 2 fully saturated rings. The first-order chi connectivity index (χ1) is 13.2. The summed E-state index contributed by atoms with van der Waals surface area (Å²) >= 11 is 6.27. The molecule has 1 amide bonds. The van der Waals surface area contributed by atoms with Gasteiger partial charge in [0.1, 0.15) is 6.10 Å². The summed E-state index contributed by atoms with van der Waals surface area (Å²) in [5.74, 6) is 0.185. The Bertz CT molecular complexity index is 837. The number of rotatable bonds is 4. The molecule has 2 aromatic rings. The van der Waals surface area contributed by atoms with Crippen molar-refractivity contribution in [3.05, 3.63) is 41.7 Å². The van der Waals surface area contributed by atoms with E-state index in [4.69, 9.17) is 16.3 Å². The van der Waals surface area contributed by atoms with Crippen molar-refractivity contribution < 1.29 is 9.53 Å². The SMILES string of the molecule is O=C([C@@H]1OCC[C@@H]1Cn1cccn1)N1CCN(C2CC2)c2ccc(Cl)cc21. The number of benzene rings is 1. The Hall–Kier alpha value is -2.05. The van der Waals surface area contributed by atoms with Crippen LogP contribution in [0, 0.1) is 5.92 Å². The highest BCUT2D eigenvalue weighted by Gasteiger charge is 2.41. The van der Waals surface area contributed by atoms with Gasteiger partial charge in [-0.25, -0.2) is 0 Å². The van der Waals surface area contributed by atoms with Gasteiger partial charge >= 0.3 is 0 Å². The lowest BCUT2D eigenvalue weighted by molar-refractivity contribution is -0.129. The smallest absolute Gasteiger partial charge is 0.256 e. The van der Waals surface area contributed by atoms with Gasteiger partial charge in [-0.3, -0.25) is 9.48 Å². The Kier molecular flexibility index (Phi) is 4.32. The molecule has 0 unspecified atom stereocenters. The highest BCUT2D eigenvalue weighted by atomic mass is 35.5. The molecular weight excluding hydrogens is 364 g/mol. The molecule has 0 spiro atoms. The number of carbonyl (C=O) groups excluding carboxylic acids is 1. The highest BCUT2D eigenvalue weighted by Crippen LogP contribution is 2.42. The van der Waals surface area contributed by atoms with Crippen LogP contribution in [-0.4, -0.2) is 47.5 Å². The average molecular weight is 387 g/mol. The van der Waals surface area contributed by atoms with Crippen molar-refractivity contribution in [1.29, 1.82) is 0 Å². The van der Waals surface area contributed by atoms with Crippen molar-refractivity contribution in [1.82, 2.24) is 9.78 Å². The maximum absolute atomic E-state index is 13.4. The molecule has 7 heteroatoms.